The van der Waals surface area contributed by atoms with E-state index in [0.717, 1.165) is 12.3 Å². The summed E-state index contributed by atoms with van der Waals surface area (Å²) in [5, 5.41) is 4.28. The van der Waals surface area contributed by atoms with Gasteiger partial charge in [0.25, 0.3) is 0 Å². The molecule has 0 radical (unpaired) electrons. The number of hydrogen-bond acceptors (Lipinski definition) is 2. The number of nitrogens with one attached hydrogen (secondary N) is 1. The molecule has 17 heavy (non-hydrogen) atoms. The molecule has 0 saturated heterocycles. The lowest BCUT2D eigenvalue weighted by atomic mass is 10.2. The normalized spacial score (nSPS) is 16.4. The molecule has 0 unspecified atom stereocenters. The van der Waals surface area contributed by atoms with Crippen LogP contribution >= 0.6 is 11.6 Å². The van der Waals surface area contributed by atoms with Gasteiger partial charge in [0.2, 0.25) is 0 Å². The predicted molar refractivity (Wildman–Crippen MR) is 71.7 cm³/mol. The second kappa shape index (κ2) is 6.27. The fourth-order valence-corrected chi connectivity index (χ4v) is 2.58. The van der Waals surface area contributed by atoms with Crippen molar-refractivity contribution in [2.45, 2.75) is 45.2 Å². The molecule has 0 bridgehead atoms. The van der Waals surface area contributed by atoms with Gasteiger partial charge >= 0.3 is 0 Å². The third-order valence-corrected chi connectivity index (χ3v) is 3.54. The van der Waals surface area contributed by atoms with Gasteiger partial charge in [-0.25, -0.2) is 0 Å². The van der Waals surface area contributed by atoms with Crippen molar-refractivity contribution in [1.29, 1.82) is 0 Å². The highest BCUT2D eigenvalue weighted by Gasteiger charge is 2.13. The van der Waals surface area contributed by atoms with Crippen molar-refractivity contribution < 1.29 is 4.74 Å². The molecule has 1 aromatic carbocycles. The van der Waals surface area contributed by atoms with E-state index >= 15 is 0 Å². The van der Waals surface area contributed by atoms with Gasteiger partial charge < -0.3 is 10.1 Å². The largest absolute Gasteiger partial charge is 0.492 e. The maximum Gasteiger partial charge on any atom is 0.137 e. The zero-order valence-electron chi connectivity index (χ0n) is 10.3. The molecule has 0 amide bonds. The average molecular weight is 254 g/mol. The second-order valence-corrected chi connectivity index (χ2v) is 4.97. The van der Waals surface area contributed by atoms with Crippen LogP contribution in [0.3, 0.4) is 0 Å². The summed E-state index contributed by atoms with van der Waals surface area (Å²) in [6.07, 6.45) is 5.35. The van der Waals surface area contributed by atoms with Gasteiger partial charge in [-0.1, -0.05) is 30.5 Å². The van der Waals surface area contributed by atoms with Gasteiger partial charge in [-0.15, -0.1) is 0 Å². The van der Waals surface area contributed by atoms with Crippen LogP contribution in [-0.2, 0) is 6.54 Å². The summed E-state index contributed by atoms with van der Waals surface area (Å²) in [6.45, 7) is 3.52. The van der Waals surface area contributed by atoms with Crippen LogP contribution < -0.4 is 10.1 Å². The van der Waals surface area contributed by atoms with Gasteiger partial charge in [0, 0.05) is 12.6 Å². The lowest BCUT2D eigenvalue weighted by Gasteiger charge is -2.13. The molecular formula is C14H20ClNO. The Hall–Kier alpha value is -0.730. The molecular weight excluding hydrogens is 234 g/mol. The summed E-state index contributed by atoms with van der Waals surface area (Å²) < 4.78 is 5.42. The fraction of sp³-hybridized carbons (Fsp3) is 0.571. The third kappa shape index (κ3) is 3.62. The van der Waals surface area contributed by atoms with Crippen LogP contribution in [0, 0.1) is 0 Å². The smallest absolute Gasteiger partial charge is 0.137 e. The van der Waals surface area contributed by atoms with Gasteiger partial charge in [-0.05, 0) is 37.5 Å². The highest BCUT2D eigenvalue weighted by Crippen LogP contribution is 2.25. The summed E-state index contributed by atoms with van der Waals surface area (Å²) >= 11 is 6.15. The van der Waals surface area contributed by atoms with Crippen LogP contribution in [-0.4, -0.2) is 12.6 Å². The van der Waals surface area contributed by atoms with Crippen molar-refractivity contribution in [3.8, 4) is 5.75 Å². The molecule has 1 aromatic rings. The minimum Gasteiger partial charge on any atom is -0.492 e. The Morgan fingerprint density at radius 2 is 2.12 bits per heavy atom. The summed E-state index contributed by atoms with van der Waals surface area (Å²) in [4.78, 5) is 0. The number of rotatable bonds is 5. The first-order chi connectivity index (χ1) is 8.29. The van der Waals surface area contributed by atoms with Crippen molar-refractivity contribution in [1.82, 2.24) is 5.32 Å². The van der Waals surface area contributed by atoms with Crippen LogP contribution in [0.5, 0.6) is 5.75 Å². The number of benzene rings is 1. The Balaban J connectivity index is 1.90. The predicted octanol–water partition coefficient (Wildman–Crippen LogP) is 3.77. The van der Waals surface area contributed by atoms with E-state index in [1.54, 1.807) is 0 Å². The molecule has 2 rings (SSSR count). The first-order valence-electron chi connectivity index (χ1n) is 6.44. The Morgan fingerprint density at radius 3 is 2.76 bits per heavy atom. The van der Waals surface area contributed by atoms with E-state index in [1.807, 2.05) is 19.1 Å². The molecule has 3 heteroatoms. The van der Waals surface area contributed by atoms with E-state index < -0.39 is 0 Å². The molecule has 0 heterocycles. The van der Waals surface area contributed by atoms with Crippen LogP contribution in [0.1, 0.15) is 38.2 Å². The molecule has 94 valence electrons. The van der Waals surface area contributed by atoms with Crippen molar-refractivity contribution >= 4 is 11.6 Å². The molecule has 1 fully saturated rings. The van der Waals surface area contributed by atoms with Crippen LogP contribution in [0.4, 0.5) is 0 Å². The average Bonchev–Trinajstić information content (AvgIpc) is 2.83. The van der Waals surface area contributed by atoms with Crippen LogP contribution in [0.15, 0.2) is 18.2 Å². The number of ether oxygens (including phenoxy) is 1. The van der Waals surface area contributed by atoms with Crippen molar-refractivity contribution in [2.75, 3.05) is 6.61 Å². The van der Waals surface area contributed by atoms with E-state index in [2.05, 4.69) is 11.4 Å². The SMILES string of the molecule is CCOc1ccc(CNC2CCCC2)cc1Cl. The quantitative estimate of drug-likeness (QED) is 0.863. The highest BCUT2D eigenvalue weighted by molar-refractivity contribution is 6.32. The second-order valence-electron chi connectivity index (χ2n) is 4.56. The van der Waals surface area contributed by atoms with Gasteiger partial charge in [0.15, 0.2) is 0 Å². The third-order valence-electron chi connectivity index (χ3n) is 3.25. The minimum atomic E-state index is 0.652. The van der Waals surface area contributed by atoms with E-state index in [1.165, 1.54) is 31.2 Å². The minimum absolute atomic E-state index is 0.652. The van der Waals surface area contributed by atoms with Gasteiger partial charge in [0.05, 0.1) is 11.6 Å². The van der Waals surface area contributed by atoms with Crippen LogP contribution in [0.25, 0.3) is 0 Å². The molecule has 1 N–H and O–H groups in total. The molecule has 1 aliphatic rings. The molecule has 1 saturated carbocycles. The van der Waals surface area contributed by atoms with Crippen molar-refractivity contribution in [3.63, 3.8) is 0 Å². The van der Waals surface area contributed by atoms with Crippen LogP contribution in [0.2, 0.25) is 5.02 Å². The topological polar surface area (TPSA) is 21.3 Å². The summed E-state index contributed by atoms with van der Waals surface area (Å²) in [5.41, 5.74) is 1.23. The van der Waals surface area contributed by atoms with Gasteiger partial charge in [-0.3, -0.25) is 0 Å². The first-order valence-corrected chi connectivity index (χ1v) is 6.82. The lowest BCUT2D eigenvalue weighted by Crippen LogP contribution is -2.25. The zero-order chi connectivity index (χ0) is 12.1. The maximum absolute atomic E-state index is 6.15. The lowest BCUT2D eigenvalue weighted by molar-refractivity contribution is 0.340. The Bertz CT molecular complexity index is 361. The summed E-state index contributed by atoms with van der Waals surface area (Å²) in [7, 11) is 0. The number of hydrogen-bond donors (Lipinski definition) is 1. The highest BCUT2D eigenvalue weighted by atomic mass is 35.5. The molecule has 0 aromatic heterocycles. The molecule has 0 aliphatic heterocycles. The van der Waals surface area contributed by atoms with Crippen molar-refractivity contribution in [2.24, 2.45) is 0 Å². The molecule has 2 nitrogen and oxygen atoms in total. The van der Waals surface area contributed by atoms with Gasteiger partial charge in [0.1, 0.15) is 5.75 Å². The first kappa shape index (κ1) is 12.7. The summed E-state index contributed by atoms with van der Waals surface area (Å²) in [6, 6.07) is 6.73. The Kier molecular flexibility index (Phi) is 4.69. The van der Waals surface area contributed by atoms with E-state index in [4.69, 9.17) is 16.3 Å². The monoisotopic (exact) mass is 253 g/mol. The Morgan fingerprint density at radius 1 is 1.35 bits per heavy atom. The zero-order valence-corrected chi connectivity index (χ0v) is 11.1. The number of halogens is 1. The molecule has 1 aliphatic carbocycles. The standard InChI is InChI=1S/C14H20ClNO/c1-2-17-14-8-7-11(9-13(14)15)10-16-12-5-3-4-6-12/h7-9,12,16H,2-6,10H2,1H3. The van der Waals surface area contributed by atoms with E-state index in [9.17, 15) is 0 Å². The molecule has 0 spiro atoms. The van der Waals surface area contributed by atoms with E-state index in [-0.39, 0.29) is 0 Å². The molecule has 0 atom stereocenters. The van der Waals surface area contributed by atoms with E-state index in [0.29, 0.717) is 17.7 Å². The Labute approximate surface area is 108 Å². The van der Waals surface area contributed by atoms with Crippen molar-refractivity contribution in [3.05, 3.63) is 28.8 Å². The maximum atomic E-state index is 6.15. The van der Waals surface area contributed by atoms with Gasteiger partial charge in [-0.2, -0.15) is 0 Å². The fourth-order valence-electron chi connectivity index (χ4n) is 2.32. The summed E-state index contributed by atoms with van der Waals surface area (Å²) in [5.74, 6) is 0.777.